The minimum atomic E-state index is 0.0866. The Kier molecular flexibility index (Phi) is 2.94. The van der Waals surface area contributed by atoms with Crippen molar-refractivity contribution in [3.8, 4) is 0 Å². The molecule has 3 N–H and O–H groups in total. The van der Waals surface area contributed by atoms with Gasteiger partial charge in [-0.25, -0.2) is 0 Å². The maximum Gasteiger partial charge on any atom is 0.241 e. The van der Waals surface area contributed by atoms with Crippen LogP contribution in [-0.4, -0.2) is 30.5 Å². The van der Waals surface area contributed by atoms with E-state index in [2.05, 4.69) is 10.3 Å². The molecule has 15 heavy (non-hydrogen) atoms. The van der Waals surface area contributed by atoms with Gasteiger partial charge in [0.25, 0.3) is 0 Å². The fourth-order valence-corrected chi connectivity index (χ4v) is 1.58. The Morgan fingerprint density at radius 1 is 1.53 bits per heavy atom. The van der Waals surface area contributed by atoms with Gasteiger partial charge in [0.15, 0.2) is 0 Å². The number of piperazine rings is 1. The number of carbonyl (C=O) groups excluding carboxylic acids is 1. The fourth-order valence-electron chi connectivity index (χ4n) is 1.58. The number of nitrogens with zero attached hydrogens (tertiary/aromatic N) is 2. The second kappa shape index (κ2) is 4.37. The van der Waals surface area contributed by atoms with E-state index in [0.29, 0.717) is 19.6 Å². The van der Waals surface area contributed by atoms with Crippen LogP contribution in [0, 0.1) is 0 Å². The zero-order valence-electron chi connectivity index (χ0n) is 8.44. The Balaban J connectivity index is 2.17. The molecule has 5 heteroatoms. The zero-order valence-corrected chi connectivity index (χ0v) is 8.44. The topological polar surface area (TPSA) is 71.2 Å². The molecule has 2 heterocycles. The lowest BCUT2D eigenvalue weighted by Gasteiger charge is -2.27. The van der Waals surface area contributed by atoms with Gasteiger partial charge >= 0.3 is 0 Å². The third-order valence-electron chi connectivity index (χ3n) is 2.42. The van der Waals surface area contributed by atoms with Crippen LogP contribution in [0.3, 0.4) is 0 Å². The van der Waals surface area contributed by atoms with E-state index in [1.165, 1.54) is 0 Å². The summed E-state index contributed by atoms with van der Waals surface area (Å²) in [5, 5.41) is 3.03. The van der Waals surface area contributed by atoms with E-state index in [-0.39, 0.29) is 5.91 Å². The second-order valence-corrected chi connectivity index (χ2v) is 3.43. The van der Waals surface area contributed by atoms with Crippen molar-refractivity contribution in [2.75, 3.05) is 24.5 Å². The van der Waals surface area contributed by atoms with Gasteiger partial charge in [0.2, 0.25) is 5.91 Å². The Morgan fingerprint density at radius 2 is 2.40 bits per heavy atom. The number of rotatable bonds is 2. The lowest BCUT2D eigenvalue weighted by Crippen LogP contribution is -2.48. The van der Waals surface area contributed by atoms with E-state index in [4.69, 9.17) is 5.73 Å². The molecule has 1 fully saturated rings. The van der Waals surface area contributed by atoms with E-state index in [0.717, 1.165) is 17.9 Å². The highest BCUT2D eigenvalue weighted by Crippen LogP contribution is 2.13. The van der Waals surface area contributed by atoms with Crippen LogP contribution < -0.4 is 16.0 Å². The molecule has 0 bridgehead atoms. The van der Waals surface area contributed by atoms with Crippen LogP contribution in [0.5, 0.6) is 0 Å². The largest absolute Gasteiger partial charge is 0.325 e. The van der Waals surface area contributed by atoms with Gasteiger partial charge in [-0.1, -0.05) is 0 Å². The summed E-state index contributed by atoms with van der Waals surface area (Å²) >= 11 is 0. The Bertz CT molecular complexity index is 349. The van der Waals surface area contributed by atoms with Crippen LogP contribution >= 0.6 is 0 Å². The predicted octanol–water partition coefficient (Wildman–Crippen LogP) is -0.524. The molecule has 1 aliphatic heterocycles. The van der Waals surface area contributed by atoms with Gasteiger partial charge < -0.3 is 16.0 Å². The number of anilines is 1. The molecule has 0 spiro atoms. The standard InChI is InChI=1S/C10H14N4O/c11-5-8-1-2-9(6-13-8)14-4-3-12-7-10(14)15/h1-2,6,12H,3-5,7,11H2. The number of hydrogen-bond donors (Lipinski definition) is 2. The Hall–Kier alpha value is -1.46. The first kappa shape index (κ1) is 10.1. The van der Waals surface area contributed by atoms with Crippen molar-refractivity contribution in [2.45, 2.75) is 6.54 Å². The van der Waals surface area contributed by atoms with E-state index < -0.39 is 0 Å². The summed E-state index contributed by atoms with van der Waals surface area (Å²) in [6.07, 6.45) is 1.70. The van der Waals surface area contributed by atoms with Crippen molar-refractivity contribution in [1.29, 1.82) is 0 Å². The van der Waals surface area contributed by atoms with Crippen LogP contribution in [0.4, 0.5) is 5.69 Å². The van der Waals surface area contributed by atoms with Crippen LogP contribution in [-0.2, 0) is 11.3 Å². The van der Waals surface area contributed by atoms with E-state index in [9.17, 15) is 4.79 Å². The first-order chi connectivity index (χ1) is 7.31. The molecule has 2 rings (SSSR count). The second-order valence-electron chi connectivity index (χ2n) is 3.43. The van der Waals surface area contributed by atoms with Gasteiger partial charge in [0.05, 0.1) is 24.1 Å². The molecule has 80 valence electrons. The van der Waals surface area contributed by atoms with E-state index in [1.807, 2.05) is 12.1 Å². The molecule has 0 atom stereocenters. The third kappa shape index (κ3) is 2.14. The lowest BCUT2D eigenvalue weighted by molar-refractivity contribution is -0.118. The normalized spacial score (nSPS) is 16.9. The summed E-state index contributed by atoms with van der Waals surface area (Å²) < 4.78 is 0. The van der Waals surface area contributed by atoms with Crippen LogP contribution in [0.1, 0.15) is 5.69 Å². The summed E-state index contributed by atoms with van der Waals surface area (Å²) in [6, 6.07) is 3.74. The SMILES string of the molecule is NCc1ccc(N2CCNCC2=O)cn1. The molecular weight excluding hydrogens is 192 g/mol. The molecule has 1 aromatic heterocycles. The summed E-state index contributed by atoms with van der Waals surface area (Å²) in [7, 11) is 0. The number of aromatic nitrogens is 1. The van der Waals surface area contributed by atoms with Crippen molar-refractivity contribution in [3.63, 3.8) is 0 Å². The summed E-state index contributed by atoms with van der Waals surface area (Å²) in [6.45, 7) is 2.35. The first-order valence-corrected chi connectivity index (χ1v) is 4.97. The predicted molar refractivity (Wildman–Crippen MR) is 57.4 cm³/mol. The third-order valence-corrected chi connectivity index (χ3v) is 2.42. The number of carbonyl (C=O) groups is 1. The van der Waals surface area contributed by atoms with Crippen molar-refractivity contribution < 1.29 is 4.79 Å². The van der Waals surface area contributed by atoms with Gasteiger partial charge in [-0.3, -0.25) is 9.78 Å². The quantitative estimate of drug-likeness (QED) is 0.683. The van der Waals surface area contributed by atoms with Gasteiger partial charge in [-0.2, -0.15) is 0 Å². The number of hydrogen-bond acceptors (Lipinski definition) is 4. The summed E-state index contributed by atoms with van der Waals surface area (Å²) in [5.41, 5.74) is 7.13. The number of nitrogens with two attached hydrogens (primary N) is 1. The Labute approximate surface area is 88.3 Å². The van der Waals surface area contributed by atoms with Gasteiger partial charge in [0, 0.05) is 19.6 Å². The van der Waals surface area contributed by atoms with Crippen molar-refractivity contribution in [1.82, 2.24) is 10.3 Å². The van der Waals surface area contributed by atoms with Crippen molar-refractivity contribution >= 4 is 11.6 Å². The number of amides is 1. The zero-order chi connectivity index (χ0) is 10.7. The monoisotopic (exact) mass is 206 g/mol. The summed E-state index contributed by atoms with van der Waals surface area (Å²) in [5.74, 6) is 0.0866. The molecule has 0 unspecified atom stereocenters. The molecule has 1 aromatic rings. The summed E-state index contributed by atoms with van der Waals surface area (Å²) in [4.78, 5) is 17.5. The number of pyridine rings is 1. The molecule has 0 aromatic carbocycles. The first-order valence-electron chi connectivity index (χ1n) is 4.97. The van der Waals surface area contributed by atoms with E-state index >= 15 is 0 Å². The lowest BCUT2D eigenvalue weighted by atomic mass is 10.2. The fraction of sp³-hybridized carbons (Fsp3) is 0.400. The van der Waals surface area contributed by atoms with Gasteiger partial charge in [0.1, 0.15) is 0 Å². The van der Waals surface area contributed by atoms with Crippen LogP contribution in [0.25, 0.3) is 0 Å². The maximum atomic E-state index is 11.6. The van der Waals surface area contributed by atoms with Crippen LogP contribution in [0.2, 0.25) is 0 Å². The highest BCUT2D eigenvalue weighted by atomic mass is 16.2. The molecule has 0 saturated carbocycles. The smallest absolute Gasteiger partial charge is 0.241 e. The van der Waals surface area contributed by atoms with Crippen molar-refractivity contribution in [2.24, 2.45) is 5.73 Å². The molecule has 0 aliphatic carbocycles. The molecule has 1 saturated heterocycles. The average Bonchev–Trinajstić information content (AvgIpc) is 2.30. The Morgan fingerprint density at radius 3 is 3.00 bits per heavy atom. The average molecular weight is 206 g/mol. The van der Waals surface area contributed by atoms with E-state index in [1.54, 1.807) is 11.1 Å². The highest BCUT2D eigenvalue weighted by molar-refractivity contribution is 5.95. The van der Waals surface area contributed by atoms with Crippen molar-refractivity contribution in [3.05, 3.63) is 24.0 Å². The molecule has 0 radical (unpaired) electrons. The number of nitrogens with one attached hydrogen (secondary N) is 1. The molecular formula is C10H14N4O. The van der Waals surface area contributed by atoms with Gasteiger partial charge in [-0.15, -0.1) is 0 Å². The molecule has 5 nitrogen and oxygen atoms in total. The minimum Gasteiger partial charge on any atom is -0.325 e. The molecule has 1 aliphatic rings. The van der Waals surface area contributed by atoms with Crippen LogP contribution in [0.15, 0.2) is 18.3 Å². The van der Waals surface area contributed by atoms with Gasteiger partial charge in [-0.05, 0) is 12.1 Å². The highest BCUT2D eigenvalue weighted by Gasteiger charge is 2.18. The maximum absolute atomic E-state index is 11.6. The minimum absolute atomic E-state index is 0.0866. The molecule has 1 amide bonds.